The van der Waals surface area contributed by atoms with Crippen LogP contribution in [0, 0.1) is 5.82 Å². The monoisotopic (exact) mass is 254 g/mol. The number of aliphatic hydroxyl groups excluding tert-OH is 1. The molecule has 0 spiro atoms. The zero-order valence-electron chi connectivity index (χ0n) is 10.4. The minimum Gasteiger partial charge on any atom is -0.387 e. The van der Waals surface area contributed by atoms with Gasteiger partial charge in [0, 0.05) is 26.2 Å². The Bertz CT molecular complexity index is 351. The highest BCUT2D eigenvalue weighted by molar-refractivity contribution is 5.07. The van der Waals surface area contributed by atoms with Crippen molar-refractivity contribution in [3.05, 3.63) is 29.8 Å². The van der Waals surface area contributed by atoms with Crippen molar-refractivity contribution in [2.45, 2.75) is 18.9 Å². The fraction of sp³-hybridized carbons (Fsp3) is 0.615. The molecule has 2 heterocycles. The molecule has 0 aromatic carbocycles. The second-order valence-corrected chi connectivity index (χ2v) is 4.51. The van der Waals surface area contributed by atoms with Gasteiger partial charge in [-0.05, 0) is 25.0 Å². The largest absolute Gasteiger partial charge is 0.387 e. The smallest absolute Gasteiger partial charge is 0.141 e. The first-order valence-corrected chi connectivity index (χ1v) is 6.35. The van der Waals surface area contributed by atoms with E-state index in [0.29, 0.717) is 12.1 Å². The van der Waals surface area contributed by atoms with E-state index in [9.17, 15) is 9.50 Å². The first kappa shape index (κ1) is 13.4. The van der Waals surface area contributed by atoms with E-state index >= 15 is 0 Å². The molecule has 1 saturated heterocycles. The molecule has 0 aliphatic carbocycles. The summed E-state index contributed by atoms with van der Waals surface area (Å²) in [6.07, 6.45) is 2.15. The summed E-state index contributed by atoms with van der Waals surface area (Å²) in [4.78, 5) is 6.17. The van der Waals surface area contributed by atoms with Crippen molar-refractivity contribution in [1.82, 2.24) is 9.88 Å². The van der Waals surface area contributed by atoms with Crippen molar-refractivity contribution in [2.24, 2.45) is 0 Å². The normalized spacial score (nSPS) is 19.4. The lowest BCUT2D eigenvalue weighted by molar-refractivity contribution is 0.125. The van der Waals surface area contributed by atoms with Gasteiger partial charge in [0.15, 0.2) is 0 Å². The molecular weight excluding hydrogens is 235 g/mol. The quantitative estimate of drug-likeness (QED) is 0.881. The third-order valence-corrected chi connectivity index (χ3v) is 3.13. The number of ether oxygens (including phenoxy) is 1. The van der Waals surface area contributed by atoms with Crippen molar-refractivity contribution in [1.29, 1.82) is 0 Å². The Balaban J connectivity index is 1.80. The van der Waals surface area contributed by atoms with Crippen LogP contribution in [0.4, 0.5) is 4.39 Å². The van der Waals surface area contributed by atoms with Gasteiger partial charge in [-0.25, -0.2) is 4.39 Å². The Morgan fingerprint density at radius 1 is 1.39 bits per heavy atom. The fourth-order valence-corrected chi connectivity index (χ4v) is 2.06. The Morgan fingerprint density at radius 2 is 2.28 bits per heavy atom. The second kappa shape index (κ2) is 6.78. The number of aromatic nitrogens is 1. The molecule has 1 N–H and O–H groups in total. The van der Waals surface area contributed by atoms with Crippen molar-refractivity contribution in [3.63, 3.8) is 0 Å². The van der Waals surface area contributed by atoms with Gasteiger partial charge in [0.25, 0.3) is 0 Å². The third kappa shape index (κ3) is 4.01. The van der Waals surface area contributed by atoms with Gasteiger partial charge in [-0.1, -0.05) is 0 Å². The molecule has 0 radical (unpaired) electrons. The van der Waals surface area contributed by atoms with Crippen molar-refractivity contribution < 1.29 is 14.2 Å². The summed E-state index contributed by atoms with van der Waals surface area (Å²) in [6.45, 7) is 4.29. The molecule has 18 heavy (non-hydrogen) atoms. The number of pyridine rings is 1. The van der Waals surface area contributed by atoms with E-state index in [1.54, 1.807) is 0 Å². The van der Waals surface area contributed by atoms with Crippen LogP contribution in [0.1, 0.15) is 24.6 Å². The molecule has 0 amide bonds. The molecule has 1 aromatic rings. The van der Waals surface area contributed by atoms with Crippen molar-refractivity contribution in [3.8, 4) is 0 Å². The van der Waals surface area contributed by atoms with Crippen molar-refractivity contribution in [2.75, 3.05) is 32.8 Å². The highest BCUT2D eigenvalue weighted by Gasteiger charge is 2.13. The topological polar surface area (TPSA) is 45.6 Å². The molecule has 100 valence electrons. The summed E-state index contributed by atoms with van der Waals surface area (Å²) >= 11 is 0. The van der Waals surface area contributed by atoms with E-state index in [0.717, 1.165) is 45.5 Å². The van der Waals surface area contributed by atoms with Gasteiger partial charge < -0.3 is 14.7 Å². The van der Waals surface area contributed by atoms with Crippen LogP contribution in [0.3, 0.4) is 0 Å². The number of rotatable bonds is 4. The maximum absolute atomic E-state index is 12.7. The predicted octanol–water partition coefficient (Wildman–Crippen LogP) is 1.37. The minimum absolute atomic E-state index is 0.379. The Morgan fingerprint density at radius 3 is 3.06 bits per heavy atom. The second-order valence-electron chi connectivity index (χ2n) is 4.51. The minimum atomic E-state index is -0.630. The number of aliphatic hydroxyl groups is 1. The number of hydrogen-bond donors (Lipinski definition) is 1. The SMILES string of the molecule is OC(CCN1CCCOCC1)c1ccc(F)cn1. The molecular formula is C13H19FN2O2. The highest BCUT2D eigenvalue weighted by atomic mass is 19.1. The van der Waals surface area contributed by atoms with Crippen LogP contribution in [0.15, 0.2) is 18.3 Å². The first-order chi connectivity index (χ1) is 8.75. The summed E-state index contributed by atoms with van der Waals surface area (Å²) in [7, 11) is 0. The van der Waals surface area contributed by atoms with Gasteiger partial charge in [0.1, 0.15) is 5.82 Å². The lowest BCUT2D eigenvalue weighted by atomic mass is 10.1. The van der Waals surface area contributed by atoms with E-state index in [2.05, 4.69) is 9.88 Å². The highest BCUT2D eigenvalue weighted by Crippen LogP contribution is 2.15. The summed E-state index contributed by atoms with van der Waals surface area (Å²) in [5.41, 5.74) is 0.530. The van der Waals surface area contributed by atoms with Crippen LogP contribution in [0.25, 0.3) is 0 Å². The van der Waals surface area contributed by atoms with E-state index in [4.69, 9.17) is 4.74 Å². The predicted molar refractivity (Wildman–Crippen MR) is 65.6 cm³/mol. The molecule has 1 aliphatic heterocycles. The van der Waals surface area contributed by atoms with E-state index in [1.165, 1.54) is 12.1 Å². The maximum Gasteiger partial charge on any atom is 0.141 e. The number of nitrogens with zero attached hydrogens (tertiary/aromatic N) is 2. The molecule has 1 unspecified atom stereocenters. The van der Waals surface area contributed by atoms with Gasteiger partial charge in [0.2, 0.25) is 0 Å². The van der Waals surface area contributed by atoms with Crippen LogP contribution in [-0.2, 0) is 4.74 Å². The molecule has 2 rings (SSSR count). The van der Waals surface area contributed by atoms with E-state index in [1.807, 2.05) is 0 Å². The van der Waals surface area contributed by atoms with Crippen LogP contribution < -0.4 is 0 Å². The van der Waals surface area contributed by atoms with Crippen LogP contribution in [0.5, 0.6) is 0 Å². The molecule has 5 heteroatoms. The molecule has 1 atom stereocenters. The number of hydrogen-bond acceptors (Lipinski definition) is 4. The van der Waals surface area contributed by atoms with Crippen LogP contribution in [-0.4, -0.2) is 47.8 Å². The Hall–Kier alpha value is -1.04. The Labute approximate surface area is 106 Å². The first-order valence-electron chi connectivity index (χ1n) is 6.35. The van der Waals surface area contributed by atoms with Gasteiger partial charge in [-0.15, -0.1) is 0 Å². The van der Waals surface area contributed by atoms with Crippen molar-refractivity contribution >= 4 is 0 Å². The molecule has 0 bridgehead atoms. The molecule has 1 fully saturated rings. The molecule has 1 aromatic heterocycles. The number of halogens is 1. The molecule has 4 nitrogen and oxygen atoms in total. The van der Waals surface area contributed by atoms with Crippen LogP contribution >= 0.6 is 0 Å². The summed E-state index contributed by atoms with van der Waals surface area (Å²) < 4.78 is 18.1. The Kier molecular flexibility index (Phi) is 5.04. The maximum atomic E-state index is 12.7. The van der Waals surface area contributed by atoms with Crippen LogP contribution in [0.2, 0.25) is 0 Å². The zero-order valence-corrected chi connectivity index (χ0v) is 10.4. The summed E-state index contributed by atoms with van der Waals surface area (Å²) in [5.74, 6) is -0.379. The average molecular weight is 254 g/mol. The molecule has 0 saturated carbocycles. The third-order valence-electron chi connectivity index (χ3n) is 3.13. The van der Waals surface area contributed by atoms with E-state index in [-0.39, 0.29) is 5.82 Å². The van der Waals surface area contributed by atoms with Gasteiger partial charge in [-0.2, -0.15) is 0 Å². The lowest BCUT2D eigenvalue weighted by Crippen LogP contribution is -2.28. The summed E-state index contributed by atoms with van der Waals surface area (Å²) in [6, 6.07) is 2.86. The fourth-order valence-electron chi connectivity index (χ4n) is 2.06. The molecule has 1 aliphatic rings. The van der Waals surface area contributed by atoms with Gasteiger partial charge >= 0.3 is 0 Å². The zero-order chi connectivity index (χ0) is 12.8. The van der Waals surface area contributed by atoms with Gasteiger partial charge in [-0.3, -0.25) is 4.98 Å². The standard InChI is InChI=1S/C13H19FN2O2/c14-11-2-3-12(15-10-11)13(17)4-6-16-5-1-8-18-9-7-16/h2-3,10,13,17H,1,4-9H2. The lowest BCUT2D eigenvalue weighted by Gasteiger charge is -2.20. The summed E-state index contributed by atoms with van der Waals surface area (Å²) in [5, 5.41) is 9.97. The van der Waals surface area contributed by atoms with Gasteiger partial charge in [0.05, 0.1) is 24.6 Å². The van der Waals surface area contributed by atoms with E-state index < -0.39 is 6.10 Å². The average Bonchev–Trinajstić information content (AvgIpc) is 2.65.